The number of allylic oxidation sites excluding steroid dienone is 4. The van der Waals surface area contributed by atoms with Crippen LogP contribution in [0.15, 0.2) is 22.8 Å². The van der Waals surface area contributed by atoms with E-state index in [0.717, 1.165) is 43.4 Å². The summed E-state index contributed by atoms with van der Waals surface area (Å²) < 4.78 is 0. The number of ketones is 1. The molecule has 4 aliphatic rings. The Morgan fingerprint density at radius 1 is 1.27 bits per heavy atom. The summed E-state index contributed by atoms with van der Waals surface area (Å²) in [5.74, 6) is 2.65. The van der Waals surface area contributed by atoms with Gasteiger partial charge in [-0.15, -0.1) is 0 Å². The molecule has 0 bridgehead atoms. The molecule has 0 aromatic rings. The SMILES string of the molecule is C[C@]12CCC3=C4CCC(=O)C=C4CC[C@H]3[C@@H]1C[C@@H](CCO)C2. The fourth-order valence-electron chi connectivity index (χ4n) is 6.14. The molecule has 0 radical (unpaired) electrons. The van der Waals surface area contributed by atoms with Crippen LogP contribution in [0.3, 0.4) is 0 Å². The van der Waals surface area contributed by atoms with Gasteiger partial charge in [0, 0.05) is 13.0 Å². The molecule has 0 spiro atoms. The number of hydrogen-bond donors (Lipinski definition) is 1. The third-order valence-corrected chi connectivity index (χ3v) is 7.13. The second kappa shape index (κ2) is 5.33. The largest absolute Gasteiger partial charge is 0.396 e. The van der Waals surface area contributed by atoms with Gasteiger partial charge in [0.2, 0.25) is 0 Å². The van der Waals surface area contributed by atoms with Gasteiger partial charge in [0.05, 0.1) is 0 Å². The van der Waals surface area contributed by atoms with Gasteiger partial charge in [-0.05, 0) is 91.8 Å². The van der Waals surface area contributed by atoms with E-state index in [9.17, 15) is 9.90 Å². The summed E-state index contributed by atoms with van der Waals surface area (Å²) in [6.45, 7) is 2.85. The highest BCUT2D eigenvalue weighted by molar-refractivity contribution is 5.93. The molecule has 0 amide bonds. The summed E-state index contributed by atoms with van der Waals surface area (Å²) >= 11 is 0. The van der Waals surface area contributed by atoms with Crippen LogP contribution in [0.1, 0.15) is 64.7 Å². The topological polar surface area (TPSA) is 37.3 Å². The number of aliphatic hydroxyl groups excluding tert-OH is 1. The van der Waals surface area contributed by atoms with Gasteiger partial charge in [-0.2, -0.15) is 0 Å². The highest BCUT2D eigenvalue weighted by Gasteiger charge is 2.51. The molecule has 1 N–H and O–H groups in total. The Morgan fingerprint density at radius 2 is 2.14 bits per heavy atom. The standard InChI is InChI=1S/C20H28O2/c1-20-8-6-17-16-5-3-15(22)11-14(16)2-4-18(17)19(20)10-13(12-20)7-9-21/h11,13,18-19,21H,2-10,12H2,1H3/t13-,18-,19+,20-/m1/s1. The maximum atomic E-state index is 11.7. The maximum Gasteiger partial charge on any atom is 0.156 e. The van der Waals surface area contributed by atoms with Gasteiger partial charge in [-0.3, -0.25) is 4.79 Å². The molecule has 2 fully saturated rings. The summed E-state index contributed by atoms with van der Waals surface area (Å²) in [5, 5.41) is 9.31. The van der Waals surface area contributed by atoms with Crippen LogP contribution in [-0.4, -0.2) is 17.5 Å². The molecular weight excluding hydrogens is 272 g/mol. The average Bonchev–Trinajstić information content (AvgIpc) is 2.83. The molecule has 0 aromatic carbocycles. The highest BCUT2D eigenvalue weighted by atomic mass is 16.3. The Morgan fingerprint density at radius 3 is 2.95 bits per heavy atom. The quantitative estimate of drug-likeness (QED) is 0.830. The number of carbonyl (C=O) groups excluding carboxylic acids is 1. The van der Waals surface area contributed by atoms with Gasteiger partial charge in [-0.25, -0.2) is 0 Å². The van der Waals surface area contributed by atoms with Crippen molar-refractivity contribution in [2.24, 2.45) is 23.2 Å². The lowest BCUT2D eigenvalue weighted by Gasteiger charge is -2.47. The van der Waals surface area contributed by atoms with Gasteiger partial charge in [-0.1, -0.05) is 12.5 Å². The summed E-state index contributed by atoms with van der Waals surface area (Å²) in [6, 6.07) is 0. The van der Waals surface area contributed by atoms with E-state index >= 15 is 0 Å². The van der Waals surface area contributed by atoms with Crippen LogP contribution in [0.5, 0.6) is 0 Å². The Hall–Kier alpha value is -0.890. The van der Waals surface area contributed by atoms with E-state index in [1.165, 1.54) is 37.7 Å². The van der Waals surface area contributed by atoms with Crippen LogP contribution in [0, 0.1) is 23.2 Å². The lowest BCUT2D eigenvalue weighted by atomic mass is 9.58. The van der Waals surface area contributed by atoms with Crippen molar-refractivity contribution in [2.45, 2.75) is 64.7 Å². The van der Waals surface area contributed by atoms with E-state index in [0.29, 0.717) is 17.8 Å². The normalized spacial score (nSPS) is 40.9. The Balaban J connectivity index is 1.66. The summed E-state index contributed by atoms with van der Waals surface area (Å²) in [4.78, 5) is 11.7. The summed E-state index contributed by atoms with van der Waals surface area (Å²) in [6.07, 6.45) is 12.2. The maximum absolute atomic E-state index is 11.7. The highest BCUT2D eigenvalue weighted by Crippen LogP contribution is 2.61. The monoisotopic (exact) mass is 300 g/mol. The van der Waals surface area contributed by atoms with Crippen molar-refractivity contribution in [3.8, 4) is 0 Å². The smallest absolute Gasteiger partial charge is 0.156 e. The molecule has 4 rings (SSSR count). The van der Waals surface area contributed by atoms with Crippen LogP contribution in [0.2, 0.25) is 0 Å². The van der Waals surface area contributed by atoms with Crippen molar-refractivity contribution < 1.29 is 9.90 Å². The van der Waals surface area contributed by atoms with Crippen molar-refractivity contribution in [1.29, 1.82) is 0 Å². The number of rotatable bonds is 2. The third kappa shape index (κ3) is 2.22. The second-order valence-corrected chi connectivity index (χ2v) is 8.36. The van der Waals surface area contributed by atoms with E-state index in [1.54, 1.807) is 11.1 Å². The van der Waals surface area contributed by atoms with Crippen molar-refractivity contribution >= 4 is 5.78 Å². The van der Waals surface area contributed by atoms with E-state index in [4.69, 9.17) is 0 Å². The minimum atomic E-state index is 0.335. The predicted octanol–water partition coefficient (Wildman–Crippen LogP) is 4.19. The molecule has 2 heteroatoms. The van der Waals surface area contributed by atoms with Crippen molar-refractivity contribution in [3.05, 3.63) is 22.8 Å². The first-order valence-electron chi connectivity index (χ1n) is 9.17. The van der Waals surface area contributed by atoms with Gasteiger partial charge >= 0.3 is 0 Å². The van der Waals surface area contributed by atoms with E-state index in [-0.39, 0.29) is 0 Å². The van der Waals surface area contributed by atoms with Crippen molar-refractivity contribution in [1.82, 2.24) is 0 Å². The molecular formula is C20H28O2. The Labute approximate surface area is 133 Å². The third-order valence-electron chi connectivity index (χ3n) is 7.13. The van der Waals surface area contributed by atoms with E-state index in [1.807, 2.05) is 6.08 Å². The number of hydrogen-bond acceptors (Lipinski definition) is 2. The molecule has 0 aliphatic heterocycles. The first-order valence-corrected chi connectivity index (χ1v) is 9.17. The van der Waals surface area contributed by atoms with Gasteiger partial charge in [0.15, 0.2) is 5.78 Å². The molecule has 120 valence electrons. The van der Waals surface area contributed by atoms with Crippen molar-refractivity contribution in [2.75, 3.05) is 6.61 Å². The number of carbonyl (C=O) groups is 1. The van der Waals surface area contributed by atoms with Gasteiger partial charge in [0.1, 0.15) is 0 Å². The molecule has 2 saturated carbocycles. The van der Waals surface area contributed by atoms with Gasteiger partial charge < -0.3 is 5.11 Å². The lowest BCUT2D eigenvalue weighted by Crippen LogP contribution is -2.36. The van der Waals surface area contributed by atoms with E-state index < -0.39 is 0 Å². The van der Waals surface area contributed by atoms with Crippen LogP contribution >= 0.6 is 0 Å². The average molecular weight is 300 g/mol. The molecule has 0 aromatic heterocycles. The van der Waals surface area contributed by atoms with Crippen LogP contribution in [0.4, 0.5) is 0 Å². The zero-order valence-electron chi connectivity index (χ0n) is 13.7. The molecule has 4 aliphatic carbocycles. The summed E-state index contributed by atoms with van der Waals surface area (Å²) in [5.41, 5.74) is 5.16. The second-order valence-electron chi connectivity index (χ2n) is 8.36. The summed E-state index contributed by atoms with van der Waals surface area (Å²) in [7, 11) is 0. The Kier molecular flexibility index (Phi) is 3.56. The zero-order valence-corrected chi connectivity index (χ0v) is 13.7. The molecule has 2 nitrogen and oxygen atoms in total. The van der Waals surface area contributed by atoms with Crippen LogP contribution in [-0.2, 0) is 4.79 Å². The van der Waals surface area contributed by atoms with Crippen molar-refractivity contribution in [3.63, 3.8) is 0 Å². The molecule has 0 saturated heterocycles. The lowest BCUT2D eigenvalue weighted by molar-refractivity contribution is -0.114. The van der Waals surface area contributed by atoms with Gasteiger partial charge in [0.25, 0.3) is 0 Å². The van der Waals surface area contributed by atoms with Crippen LogP contribution in [0.25, 0.3) is 0 Å². The zero-order chi connectivity index (χ0) is 15.3. The number of fused-ring (bicyclic) bond motifs is 4. The molecule has 22 heavy (non-hydrogen) atoms. The van der Waals surface area contributed by atoms with Crippen LogP contribution < -0.4 is 0 Å². The first-order chi connectivity index (χ1) is 10.6. The molecule has 4 atom stereocenters. The first kappa shape index (κ1) is 14.7. The number of aliphatic hydroxyl groups is 1. The molecule has 0 unspecified atom stereocenters. The minimum absolute atomic E-state index is 0.335. The fourth-order valence-corrected chi connectivity index (χ4v) is 6.14. The predicted molar refractivity (Wildman–Crippen MR) is 87.3 cm³/mol. The minimum Gasteiger partial charge on any atom is -0.396 e. The van der Waals surface area contributed by atoms with E-state index in [2.05, 4.69) is 6.92 Å². The Bertz CT molecular complexity index is 556. The fraction of sp³-hybridized carbons (Fsp3) is 0.750. The molecule has 0 heterocycles.